The van der Waals surface area contributed by atoms with E-state index in [1.54, 1.807) is 18.4 Å². The monoisotopic (exact) mass is 348 g/mol. The van der Waals surface area contributed by atoms with Crippen LogP contribution in [0.5, 0.6) is 11.5 Å². The highest BCUT2D eigenvalue weighted by atomic mass is 32.2. The fourth-order valence-corrected chi connectivity index (χ4v) is 2.39. The molecule has 0 aliphatic carbocycles. The maximum atomic E-state index is 12.7. The lowest BCUT2D eigenvalue weighted by atomic mass is 9.93. The van der Waals surface area contributed by atoms with E-state index in [-0.39, 0.29) is 11.3 Å². The van der Waals surface area contributed by atoms with E-state index in [4.69, 9.17) is 4.74 Å². The minimum absolute atomic E-state index is 0.0391. The van der Waals surface area contributed by atoms with Gasteiger partial charge in [-0.1, -0.05) is 32.5 Å². The summed E-state index contributed by atoms with van der Waals surface area (Å²) in [6.45, 7) is 5.70. The number of methoxy groups -OCH3 is 1. The Hall–Kier alpha value is -2.35. The Balaban J connectivity index is 2.50. The summed E-state index contributed by atoms with van der Waals surface area (Å²) < 4.78 is 6.30. The Morgan fingerprint density at radius 3 is 2.62 bits per heavy atom. The van der Waals surface area contributed by atoms with Crippen molar-refractivity contribution in [3.63, 3.8) is 0 Å². The number of hydrogen-bond acceptors (Lipinski definition) is 7. The van der Waals surface area contributed by atoms with Gasteiger partial charge in [0.15, 0.2) is 11.5 Å². The molecular formula is C16H20N4O3S. The van der Waals surface area contributed by atoms with E-state index in [0.29, 0.717) is 22.2 Å². The van der Waals surface area contributed by atoms with Crippen molar-refractivity contribution in [1.29, 1.82) is 0 Å². The van der Waals surface area contributed by atoms with E-state index >= 15 is 0 Å². The number of aromatic nitrogens is 3. The number of phenols is 1. The summed E-state index contributed by atoms with van der Waals surface area (Å²) in [5.74, 6) is 0.372. The van der Waals surface area contributed by atoms with Crippen LogP contribution in [0.1, 0.15) is 32.0 Å². The van der Waals surface area contributed by atoms with Gasteiger partial charge in [0.05, 0.1) is 13.3 Å². The van der Waals surface area contributed by atoms with E-state index in [9.17, 15) is 9.90 Å². The van der Waals surface area contributed by atoms with Gasteiger partial charge in [-0.25, -0.2) is 0 Å². The van der Waals surface area contributed by atoms with E-state index in [0.717, 1.165) is 0 Å². The molecule has 0 radical (unpaired) electrons. The lowest BCUT2D eigenvalue weighted by Gasteiger charge is -2.16. The molecule has 1 aromatic carbocycles. The van der Waals surface area contributed by atoms with Crippen LogP contribution in [0.15, 0.2) is 33.3 Å². The molecule has 0 unspecified atom stereocenters. The number of thioether (sulfide) groups is 1. The van der Waals surface area contributed by atoms with Gasteiger partial charge in [-0.3, -0.25) is 4.79 Å². The second-order valence-electron chi connectivity index (χ2n) is 6.08. The van der Waals surface area contributed by atoms with Gasteiger partial charge in [-0.2, -0.15) is 9.78 Å². The average molecular weight is 348 g/mol. The van der Waals surface area contributed by atoms with Gasteiger partial charge in [-0.15, -0.1) is 10.2 Å². The average Bonchev–Trinajstić information content (AvgIpc) is 2.53. The minimum Gasteiger partial charge on any atom is -0.504 e. The summed E-state index contributed by atoms with van der Waals surface area (Å²) in [5.41, 5.74) is 0.294. The Bertz CT molecular complexity index is 825. The number of benzene rings is 1. The van der Waals surface area contributed by atoms with Crippen LogP contribution < -0.4 is 10.3 Å². The maximum Gasteiger partial charge on any atom is 0.297 e. The van der Waals surface area contributed by atoms with Crippen molar-refractivity contribution in [2.75, 3.05) is 13.4 Å². The van der Waals surface area contributed by atoms with E-state index in [2.05, 4.69) is 15.3 Å². The SMILES string of the molecule is COc1cc(/C=N/n2c(SC)nnc(C(C)(C)C)c2=O)ccc1O. The molecule has 0 aliphatic heterocycles. The lowest BCUT2D eigenvalue weighted by Crippen LogP contribution is -2.32. The van der Waals surface area contributed by atoms with Crippen molar-refractivity contribution >= 4 is 18.0 Å². The van der Waals surface area contributed by atoms with Crippen molar-refractivity contribution in [3.05, 3.63) is 39.8 Å². The quantitative estimate of drug-likeness (QED) is 0.673. The van der Waals surface area contributed by atoms with Crippen LogP contribution in [0.4, 0.5) is 0 Å². The first-order valence-electron chi connectivity index (χ1n) is 7.23. The zero-order valence-electron chi connectivity index (χ0n) is 14.3. The van der Waals surface area contributed by atoms with Crippen molar-refractivity contribution in [3.8, 4) is 11.5 Å². The molecule has 0 saturated heterocycles. The maximum absolute atomic E-state index is 12.7. The highest BCUT2D eigenvalue weighted by molar-refractivity contribution is 7.98. The van der Waals surface area contributed by atoms with Crippen molar-refractivity contribution in [2.45, 2.75) is 31.3 Å². The van der Waals surface area contributed by atoms with Crippen LogP contribution in [0, 0.1) is 0 Å². The first kappa shape index (κ1) is 18.0. The van der Waals surface area contributed by atoms with Gasteiger partial charge in [0.25, 0.3) is 5.56 Å². The Morgan fingerprint density at radius 2 is 2.04 bits per heavy atom. The number of nitrogens with zero attached hydrogens (tertiary/aromatic N) is 4. The molecule has 7 nitrogen and oxygen atoms in total. The van der Waals surface area contributed by atoms with Crippen LogP contribution in [-0.4, -0.2) is 39.6 Å². The molecule has 0 bridgehead atoms. The second-order valence-corrected chi connectivity index (χ2v) is 6.85. The predicted molar refractivity (Wildman–Crippen MR) is 94.4 cm³/mol. The molecule has 0 spiro atoms. The molecule has 0 atom stereocenters. The summed E-state index contributed by atoms with van der Waals surface area (Å²) in [6.07, 6.45) is 3.31. The minimum atomic E-state index is -0.431. The highest BCUT2D eigenvalue weighted by Crippen LogP contribution is 2.25. The topological polar surface area (TPSA) is 89.6 Å². The molecule has 2 aromatic rings. The molecule has 128 valence electrons. The summed E-state index contributed by atoms with van der Waals surface area (Å²) in [4.78, 5) is 12.7. The Kier molecular flexibility index (Phi) is 5.28. The molecule has 1 aromatic heterocycles. The van der Waals surface area contributed by atoms with Crippen molar-refractivity contribution in [1.82, 2.24) is 14.9 Å². The molecule has 1 N–H and O–H groups in total. The highest BCUT2D eigenvalue weighted by Gasteiger charge is 2.23. The van der Waals surface area contributed by atoms with Gasteiger partial charge in [0, 0.05) is 5.41 Å². The number of hydrogen-bond donors (Lipinski definition) is 1. The second kappa shape index (κ2) is 7.04. The van der Waals surface area contributed by atoms with Gasteiger partial charge in [-0.05, 0) is 30.0 Å². The Morgan fingerprint density at radius 1 is 1.33 bits per heavy atom. The van der Waals surface area contributed by atoms with E-state index < -0.39 is 5.41 Å². The number of ether oxygens (including phenoxy) is 1. The smallest absolute Gasteiger partial charge is 0.297 e. The van der Waals surface area contributed by atoms with Gasteiger partial charge in [0.1, 0.15) is 5.69 Å². The summed E-state index contributed by atoms with van der Waals surface area (Å²) in [5, 5.41) is 22.4. The van der Waals surface area contributed by atoms with Crippen LogP contribution in [-0.2, 0) is 5.41 Å². The van der Waals surface area contributed by atoms with Crippen LogP contribution >= 0.6 is 11.8 Å². The van der Waals surface area contributed by atoms with Gasteiger partial charge >= 0.3 is 0 Å². The zero-order chi connectivity index (χ0) is 17.9. The van der Waals surface area contributed by atoms with Gasteiger partial charge in [0.2, 0.25) is 5.16 Å². The number of aromatic hydroxyl groups is 1. The first-order chi connectivity index (χ1) is 11.3. The predicted octanol–water partition coefficient (Wildman–Crippen LogP) is 2.25. The third-order valence-electron chi connectivity index (χ3n) is 3.23. The fourth-order valence-electron chi connectivity index (χ4n) is 1.96. The summed E-state index contributed by atoms with van der Waals surface area (Å²) in [7, 11) is 1.47. The molecule has 0 saturated carbocycles. The molecule has 8 heteroatoms. The van der Waals surface area contributed by atoms with Crippen molar-refractivity contribution < 1.29 is 9.84 Å². The molecule has 0 aliphatic rings. The lowest BCUT2D eigenvalue weighted by molar-refractivity contribution is 0.373. The van der Waals surface area contributed by atoms with Crippen LogP contribution in [0.2, 0.25) is 0 Å². The van der Waals surface area contributed by atoms with E-state index in [1.165, 1.54) is 35.8 Å². The number of rotatable bonds is 4. The number of phenolic OH excluding ortho intramolecular Hbond substituents is 1. The molecule has 2 rings (SSSR count). The van der Waals surface area contributed by atoms with Gasteiger partial charge < -0.3 is 9.84 Å². The molecule has 0 fully saturated rings. The standard InChI is InChI=1S/C16H20N4O3S/c1-16(2,3)13-14(22)20(15(24-5)19-18-13)17-9-10-6-7-11(21)12(8-10)23-4/h6-9,21H,1-5H3/b17-9+. The Labute approximate surface area is 144 Å². The summed E-state index contributed by atoms with van der Waals surface area (Å²) >= 11 is 1.29. The molecule has 0 amide bonds. The first-order valence-corrected chi connectivity index (χ1v) is 8.46. The third-order valence-corrected chi connectivity index (χ3v) is 3.85. The van der Waals surface area contributed by atoms with Crippen LogP contribution in [0.3, 0.4) is 0 Å². The normalized spacial score (nSPS) is 11.9. The van der Waals surface area contributed by atoms with E-state index in [1.807, 2.05) is 20.8 Å². The van der Waals surface area contributed by atoms with Crippen LogP contribution in [0.25, 0.3) is 0 Å². The summed E-state index contributed by atoms with van der Waals surface area (Å²) in [6, 6.07) is 4.80. The largest absolute Gasteiger partial charge is 0.504 e. The van der Waals surface area contributed by atoms with Crippen molar-refractivity contribution in [2.24, 2.45) is 5.10 Å². The molecular weight excluding hydrogens is 328 g/mol. The zero-order valence-corrected chi connectivity index (χ0v) is 15.1. The molecule has 24 heavy (non-hydrogen) atoms. The fraction of sp³-hybridized carbons (Fsp3) is 0.375. The third kappa shape index (κ3) is 3.76. The molecule has 1 heterocycles.